The Balaban J connectivity index is 2.55. The average molecular weight is 205 g/mol. The lowest BCUT2D eigenvalue weighted by Gasteiger charge is -2.20. The van der Waals surface area contributed by atoms with Crippen LogP contribution in [-0.4, -0.2) is 8.07 Å². The van der Waals surface area contributed by atoms with Crippen molar-refractivity contribution in [1.82, 2.24) is 0 Å². The first-order chi connectivity index (χ1) is 6.50. The van der Waals surface area contributed by atoms with Crippen LogP contribution in [-0.2, 0) is 6.42 Å². The highest BCUT2D eigenvalue weighted by molar-refractivity contribution is 6.89. The molecule has 0 saturated carbocycles. The van der Waals surface area contributed by atoms with E-state index in [1.807, 2.05) is 0 Å². The van der Waals surface area contributed by atoms with Gasteiger partial charge in [-0.05, 0) is 24.0 Å². The van der Waals surface area contributed by atoms with Crippen LogP contribution in [0, 0.1) is 0 Å². The van der Waals surface area contributed by atoms with Crippen LogP contribution in [0.3, 0.4) is 0 Å². The summed E-state index contributed by atoms with van der Waals surface area (Å²) in [5, 5.41) is 1.61. The van der Waals surface area contributed by atoms with Crippen molar-refractivity contribution in [2.24, 2.45) is 5.73 Å². The molecule has 1 atom stereocenters. The van der Waals surface area contributed by atoms with Gasteiger partial charge >= 0.3 is 0 Å². The molecule has 2 N–H and O–H groups in total. The Bertz CT molecular complexity index is 352. The molecule has 1 aromatic rings. The molecule has 0 radical (unpaired) electrons. The van der Waals surface area contributed by atoms with Crippen LogP contribution in [0.4, 0.5) is 0 Å². The van der Waals surface area contributed by atoms with Crippen molar-refractivity contribution in [2.75, 3.05) is 0 Å². The smallest absolute Gasteiger partial charge is 0.0779 e. The van der Waals surface area contributed by atoms with Crippen LogP contribution >= 0.6 is 0 Å². The van der Waals surface area contributed by atoms with Gasteiger partial charge in [-0.15, -0.1) is 0 Å². The molecule has 1 aliphatic rings. The number of nitrogens with two attached hydrogens (primary N) is 1. The molecule has 14 heavy (non-hydrogen) atoms. The van der Waals surface area contributed by atoms with Crippen LogP contribution in [0.1, 0.15) is 23.6 Å². The van der Waals surface area contributed by atoms with Gasteiger partial charge in [-0.1, -0.05) is 43.0 Å². The SMILES string of the molecule is C[Si](C)(C)c1cccc2c1CC[C@H]2N. The molecule has 1 aromatic carbocycles. The highest BCUT2D eigenvalue weighted by Crippen LogP contribution is 2.28. The third kappa shape index (κ3) is 1.53. The monoisotopic (exact) mass is 205 g/mol. The Kier molecular flexibility index (Phi) is 2.28. The Morgan fingerprint density at radius 3 is 2.64 bits per heavy atom. The number of hydrogen-bond acceptors (Lipinski definition) is 1. The second kappa shape index (κ2) is 3.21. The molecule has 2 rings (SSSR count). The maximum Gasteiger partial charge on any atom is 0.0779 e. The molecule has 1 nitrogen and oxygen atoms in total. The molecule has 0 unspecified atom stereocenters. The maximum atomic E-state index is 6.07. The zero-order chi connectivity index (χ0) is 10.3. The summed E-state index contributed by atoms with van der Waals surface area (Å²) >= 11 is 0. The Labute approximate surface area is 87.3 Å². The highest BCUT2D eigenvalue weighted by Gasteiger charge is 2.26. The Morgan fingerprint density at radius 2 is 2.00 bits per heavy atom. The van der Waals surface area contributed by atoms with Crippen molar-refractivity contribution in [1.29, 1.82) is 0 Å². The van der Waals surface area contributed by atoms with E-state index in [-0.39, 0.29) is 0 Å². The van der Waals surface area contributed by atoms with Crippen LogP contribution in [0.2, 0.25) is 19.6 Å². The topological polar surface area (TPSA) is 26.0 Å². The fourth-order valence-corrected chi connectivity index (χ4v) is 4.16. The first-order valence-corrected chi connectivity index (χ1v) is 8.88. The van der Waals surface area contributed by atoms with Crippen molar-refractivity contribution < 1.29 is 0 Å². The van der Waals surface area contributed by atoms with Gasteiger partial charge in [0, 0.05) is 6.04 Å². The number of fused-ring (bicyclic) bond motifs is 1. The van der Waals surface area contributed by atoms with E-state index in [0.717, 1.165) is 6.42 Å². The van der Waals surface area contributed by atoms with Crippen LogP contribution in [0.15, 0.2) is 18.2 Å². The van der Waals surface area contributed by atoms with E-state index in [4.69, 9.17) is 5.73 Å². The van der Waals surface area contributed by atoms with Gasteiger partial charge in [-0.25, -0.2) is 0 Å². The summed E-state index contributed by atoms with van der Waals surface area (Å²) in [6.07, 6.45) is 2.33. The number of rotatable bonds is 1. The van der Waals surface area contributed by atoms with Gasteiger partial charge < -0.3 is 5.73 Å². The second-order valence-corrected chi connectivity index (χ2v) is 10.3. The van der Waals surface area contributed by atoms with E-state index in [9.17, 15) is 0 Å². The van der Waals surface area contributed by atoms with Crippen LogP contribution in [0.25, 0.3) is 0 Å². The predicted octanol–water partition coefficient (Wildman–Crippen LogP) is 2.18. The van der Waals surface area contributed by atoms with Gasteiger partial charge in [0.15, 0.2) is 0 Å². The minimum absolute atomic E-state index is 0.293. The largest absolute Gasteiger partial charge is 0.324 e. The molecule has 0 amide bonds. The van der Waals surface area contributed by atoms with Crippen LogP contribution < -0.4 is 10.9 Å². The van der Waals surface area contributed by atoms with Crippen LogP contribution in [0.5, 0.6) is 0 Å². The highest BCUT2D eigenvalue weighted by atomic mass is 28.3. The number of benzene rings is 1. The lowest BCUT2D eigenvalue weighted by atomic mass is 10.1. The number of hydrogen-bond donors (Lipinski definition) is 1. The van der Waals surface area contributed by atoms with Crippen molar-refractivity contribution in [3.05, 3.63) is 29.3 Å². The molecule has 0 spiro atoms. The molecule has 0 fully saturated rings. The minimum atomic E-state index is -1.18. The van der Waals surface area contributed by atoms with E-state index in [1.165, 1.54) is 12.0 Å². The quantitative estimate of drug-likeness (QED) is 0.699. The van der Waals surface area contributed by atoms with E-state index < -0.39 is 8.07 Å². The zero-order valence-corrected chi connectivity index (χ0v) is 10.3. The predicted molar refractivity (Wildman–Crippen MR) is 64.7 cm³/mol. The van der Waals surface area contributed by atoms with Gasteiger partial charge in [-0.3, -0.25) is 0 Å². The van der Waals surface area contributed by atoms with E-state index in [2.05, 4.69) is 37.8 Å². The molecule has 0 bridgehead atoms. The Hall–Kier alpha value is -0.603. The average Bonchev–Trinajstić information content (AvgIpc) is 2.46. The molecular weight excluding hydrogens is 186 g/mol. The normalized spacial score (nSPS) is 21.0. The third-order valence-electron chi connectivity index (χ3n) is 3.13. The molecular formula is C12H19NSi. The lowest BCUT2D eigenvalue weighted by molar-refractivity contribution is 0.713. The van der Waals surface area contributed by atoms with Crippen molar-refractivity contribution in [3.8, 4) is 0 Å². The molecule has 0 aromatic heterocycles. The van der Waals surface area contributed by atoms with Gasteiger partial charge in [0.1, 0.15) is 0 Å². The fourth-order valence-electron chi connectivity index (χ4n) is 2.39. The molecule has 0 saturated heterocycles. The summed E-state index contributed by atoms with van der Waals surface area (Å²) in [5.74, 6) is 0. The third-order valence-corrected chi connectivity index (χ3v) is 5.21. The summed E-state index contributed by atoms with van der Waals surface area (Å²) in [6.45, 7) is 7.23. The molecule has 76 valence electrons. The van der Waals surface area contributed by atoms with Gasteiger partial charge in [0.25, 0.3) is 0 Å². The van der Waals surface area contributed by atoms with E-state index in [1.54, 1.807) is 10.8 Å². The van der Waals surface area contributed by atoms with Gasteiger partial charge in [0.2, 0.25) is 0 Å². The van der Waals surface area contributed by atoms with Crippen molar-refractivity contribution in [2.45, 2.75) is 38.5 Å². The summed E-state index contributed by atoms with van der Waals surface area (Å²) < 4.78 is 0. The summed E-state index contributed by atoms with van der Waals surface area (Å²) in [5.41, 5.74) is 9.05. The molecule has 2 heteroatoms. The Morgan fingerprint density at radius 1 is 1.29 bits per heavy atom. The first-order valence-electron chi connectivity index (χ1n) is 5.38. The lowest BCUT2D eigenvalue weighted by Crippen LogP contribution is -2.40. The first kappa shape index (κ1) is 9.93. The molecule has 1 aliphatic carbocycles. The van der Waals surface area contributed by atoms with Gasteiger partial charge in [-0.2, -0.15) is 0 Å². The maximum absolute atomic E-state index is 6.07. The van der Waals surface area contributed by atoms with Crippen molar-refractivity contribution in [3.63, 3.8) is 0 Å². The minimum Gasteiger partial charge on any atom is -0.324 e. The van der Waals surface area contributed by atoms with Crippen molar-refractivity contribution >= 4 is 13.3 Å². The molecule has 0 heterocycles. The van der Waals surface area contributed by atoms with E-state index in [0.29, 0.717) is 6.04 Å². The summed E-state index contributed by atoms with van der Waals surface area (Å²) in [6, 6.07) is 6.98. The standard InChI is InChI=1S/C12H19NSi/c1-14(2,3)12-6-4-5-9-10(12)7-8-11(9)13/h4-6,11H,7-8,13H2,1-3H3/t11-/m1/s1. The zero-order valence-electron chi connectivity index (χ0n) is 9.30. The summed E-state index contributed by atoms with van der Waals surface area (Å²) in [7, 11) is -1.18. The van der Waals surface area contributed by atoms with Gasteiger partial charge in [0.05, 0.1) is 8.07 Å². The fraction of sp³-hybridized carbons (Fsp3) is 0.500. The summed E-state index contributed by atoms with van der Waals surface area (Å²) in [4.78, 5) is 0. The molecule has 0 aliphatic heterocycles. The second-order valence-electron chi connectivity index (χ2n) is 5.27. The van der Waals surface area contributed by atoms with E-state index >= 15 is 0 Å².